The SMILES string of the molecule is CC(=O)NC1CCCCC(Cl)CCC1. The van der Waals surface area contributed by atoms with E-state index in [-0.39, 0.29) is 5.91 Å². The second-order valence-electron chi connectivity index (χ2n) is 4.21. The molecule has 0 saturated heterocycles. The van der Waals surface area contributed by atoms with Crippen molar-refractivity contribution in [1.29, 1.82) is 0 Å². The van der Waals surface area contributed by atoms with Crippen LogP contribution in [0.25, 0.3) is 0 Å². The molecule has 2 nitrogen and oxygen atoms in total. The maximum absolute atomic E-state index is 10.9. The van der Waals surface area contributed by atoms with E-state index >= 15 is 0 Å². The minimum Gasteiger partial charge on any atom is -0.354 e. The number of hydrogen-bond donors (Lipinski definition) is 1. The zero-order chi connectivity index (χ0) is 10.4. The van der Waals surface area contributed by atoms with Crippen molar-refractivity contribution in [3.8, 4) is 0 Å². The Morgan fingerprint density at radius 2 is 1.71 bits per heavy atom. The van der Waals surface area contributed by atoms with Gasteiger partial charge in [-0.1, -0.05) is 12.8 Å². The summed E-state index contributed by atoms with van der Waals surface area (Å²) >= 11 is 6.13. The first-order valence-electron chi connectivity index (χ1n) is 5.59. The molecule has 2 unspecified atom stereocenters. The standard InChI is InChI=1S/C11H20ClNO/c1-9(14)13-11-7-3-2-5-10(12)6-4-8-11/h10-11H,2-8H2,1H3,(H,13,14). The molecule has 0 aromatic rings. The van der Waals surface area contributed by atoms with Crippen molar-refractivity contribution >= 4 is 17.5 Å². The van der Waals surface area contributed by atoms with Gasteiger partial charge in [0.15, 0.2) is 0 Å². The Bertz CT molecular complexity index is 184. The molecular weight excluding hydrogens is 198 g/mol. The molecule has 1 fully saturated rings. The molecule has 14 heavy (non-hydrogen) atoms. The molecule has 0 bridgehead atoms. The number of alkyl halides is 1. The van der Waals surface area contributed by atoms with Crippen LogP contribution in [0.2, 0.25) is 0 Å². The minimum atomic E-state index is 0.0941. The summed E-state index contributed by atoms with van der Waals surface area (Å²) in [4.78, 5) is 10.9. The number of hydrogen-bond acceptors (Lipinski definition) is 1. The van der Waals surface area contributed by atoms with Crippen molar-refractivity contribution < 1.29 is 4.79 Å². The lowest BCUT2D eigenvalue weighted by Gasteiger charge is -2.16. The number of halogens is 1. The molecule has 1 amide bonds. The highest BCUT2D eigenvalue weighted by atomic mass is 35.5. The summed E-state index contributed by atoms with van der Waals surface area (Å²) < 4.78 is 0. The monoisotopic (exact) mass is 217 g/mol. The summed E-state index contributed by atoms with van der Waals surface area (Å²) in [7, 11) is 0. The molecule has 1 saturated carbocycles. The van der Waals surface area contributed by atoms with E-state index in [4.69, 9.17) is 11.6 Å². The summed E-state index contributed by atoms with van der Waals surface area (Å²) in [6, 6.07) is 0.384. The van der Waals surface area contributed by atoms with E-state index in [1.807, 2.05) is 0 Å². The number of nitrogens with one attached hydrogen (secondary N) is 1. The van der Waals surface area contributed by atoms with Gasteiger partial charge in [0.2, 0.25) is 5.91 Å². The van der Waals surface area contributed by atoms with Crippen LogP contribution in [0.4, 0.5) is 0 Å². The van der Waals surface area contributed by atoms with Gasteiger partial charge in [-0.2, -0.15) is 0 Å². The lowest BCUT2D eigenvalue weighted by atomic mass is 10.1. The fourth-order valence-corrected chi connectivity index (χ4v) is 2.37. The Labute approximate surface area is 91.4 Å². The predicted molar refractivity (Wildman–Crippen MR) is 59.6 cm³/mol. The Balaban J connectivity index is 2.33. The molecule has 0 aromatic heterocycles. The van der Waals surface area contributed by atoms with Gasteiger partial charge < -0.3 is 5.32 Å². The second-order valence-corrected chi connectivity index (χ2v) is 4.83. The van der Waals surface area contributed by atoms with E-state index in [9.17, 15) is 4.79 Å². The number of rotatable bonds is 1. The van der Waals surface area contributed by atoms with Crippen LogP contribution >= 0.6 is 11.6 Å². The Morgan fingerprint density at radius 3 is 2.43 bits per heavy atom. The third-order valence-corrected chi connectivity index (χ3v) is 3.23. The number of carbonyl (C=O) groups excluding carboxylic acids is 1. The quantitative estimate of drug-likeness (QED) is 0.673. The topological polar surface area (TPSA) is 29.1 Å². The van der Waals surface area contributed by atoms with Crippen molar-refractivity contribution in [3.05, 3.63) is 0 Å². The highest BCUT2D eigenvalue weighted by Crippen LogP contribution is 2.20. The Hall–Kier alpha value is -0.240. The maximum Gasteiger partial charge on any atom is 0.217 e. The highest BCUT2D eigenvalue weighted by molar-refractivity contribution is 6.20. The molecule has 1 N–H and O–H groups in total. The maximum atomic E-state index is 10.9. The molecule has 0 heterocycles. The van der Waals surface area contributed by atoms with Crippen molar-refractivity contribution in [2.45, 2.75) is 63.3 Å². The van der Waals surface area contributed by atoms with Crippen molar-refractivity contribution in [1.82, 2.24) is 5.32 Å². The molecule has 0 aliphatic heterocycles. The van der Waals surface area contributed by atoms with Gasteiger partial charge in [0.05, 0.1) is 0 Å². The van der Waals surface area contributed by atoms with Gasteiger partial charge in [-0.05, 0) is 32.1 Å². The smallest absolute Gasteiger partial charge is 0.217 e. The van der Waals surface area contributed by atoms with Crippen LogP contribution in [0.5, 0.6) is 0 Å². The highest BCUT2D eigenvalue weighted by Gasteiger charge is 2.14. The van der Waals surface area contributed by atoms with E-state index in [1.165, 1.54) is 12.8 Å². The number of carbonyl (C=O) groups is 1. The Morgan fingerprint density at radius 1 is 1.14 bits per heavy atom. The van der Waals surface area contributed by atoms with Crippen LogP contribution in [0.1, 0.15) is 51.9 Å². The van der Waals surface area contributed by atoms with Crippen LogP contribution in [-0.4, -0.2) is 17.3 Å². The summed E-state index contributed by atoms with van der Waals surface area (Å²) in [6.45, 7) is 1.59. The van der Waals surface area contributed by atoms with E-state index in [1.54, 1.807) is 6.92 Å². The fourth-order valence-electron chi connectivity index (χ4n) is 2.06. The minimum absolute atomic E-state index is 0.0941. The predicted octanol–water partition coefficient (Wildman–Crippen LogP) is 2.84. The van der Waals surface area contributed by atoms with E-state index in [0.717, 1.165) is 32.1 Å². The summed E-state index contributed by atoms with van der Waals surface area (Å²) in [6.07, 6.45) is 7.95. The molecule has 1 aliphatic carbocycles. The Kier molecular flexibility index (Phi) is 5.31. The second kappa shape index (κ2) is 6.28. The lowest BCUT2D eigenvalue weighted by molar-refractivity contribution is -0.119. The normalized spacial score (nSPS) is 29.9. The average molecular weight is 218 g/mol. The number of amides is 1. The zero-order valence-electron chi connectivity index (χ0n) is 8.89. The third-order valence-electron chi connectivity index (χ3n) is 2.80. The van der Waals surface area contributed by atoms with Gasteiger partial charge in [-0.3, -0.25) is 4.79 Å². The summed E-state index contributed by atoms with van der Waals surface area (Å²) in [5, 5.41) is 3.36. The van der Waals surface area contributed by atoms with Gasteiger partial charge in [0.1, 0.15) is 0 Å². The molecular formula is C11H20ClNO. The fraction of sp³-hybridized carbons (Fsp3) is 0.909. The van der Waals surface area contributed by atoms with E-state index < -0.39 is 0 Å². The summed E-state index contributed by atoms with van der Waals surface area (Å²) in [5.74, 6) is 0.0941. The molecule has 0 aromatic carbocycles. The van der Waals surface area contributed by atoms with Gasteiger partial charge in [-0.25, -0.2) is 0 Å². The summed E-state index contributed by atoms with van der Waals surface area (Å²) in [5.41, 5.74) is 0. The van der Waals surface area contributed by atoms with Crippen LogP contribution < -0.4 is 5.32 Å². The van der Waals surface area contributed by atoms with Gasteiger partial charge in [0.25, 0.3) is 0 Å². The van der Waals surface area contributed by atoms with Crippen LogP contribution in [0, 0.1) is 0 Å². The molecule has 3 heteroatoms. The van der Waals surface area contributed by atoms with Gasteiger partial charge in [-0.15, -0.1) is 11.6 Å². The molecule has 1 aliphatic rings. The van der Waals surface area contributed by atoms with Crippen molar-refractivity contribution in [2.24, 2.45) is 0 Å². The molecule has 0 spiro atoms. The first kappa shape index (κ1) is 11.8. The van der Waals surface area contributed by atoms with Crippen molar-refractivity contribution in [2.75, 3.05) is 0 Å². The lowest BCUT2D eigenvalue weighted by Crippen LogP contribution is -2.32. The van der Waals surface area contributed by atoms with E-state index in [2.05, 4.69) is 5.32 Å². The van der Waals surface area contributed by atoms with E-state index in [0.29, 0.717) is 11.4 Å². The molecule has 82 valence electrons. The van der Waals surface area contributed by atoms with Gasteiger partial charge >= 0.3 is 0 Å². The zero-order valence-corrected chi connectivity index (χ0v) is 9.65. The van der Waals surface area contributed by atoms with Crippen molar-refractivity contribution in [3.63, 3.8) is 0 Å². The van der Waals surface area contributed by atoms with Crippen LogP contribution in [0.3, 0.4) is 0 Å². The first-order chi connectivity index (χ1) is 6.68. The molecule has 1 rings (SSSR count). The molecule has 0 radical (unpaired) electrons. The average Bonchev–Trinajstić information content (AvgIpc) is 2.18. The largest absolute Gasteiger partial charge is 0.354 e. The van der Waals surface area contributed by atoms with Crippen LogP contribution in [-0.2, 0) is 4.79 Å². The first-order valence-corrected chi connectivity index (χ1v) is 6.03. The van der Waals surface area contributed by atoms with Crippen LogP contribution in [0.15, 0.2) is 0 Å². The van der Waals surface area contributed by atoms with Gasteiger partial charge in [0, 0.05) is 18.3 Å². The molecule has 2 atom stereocenters. The third kappa shape index (κ3) is 4.85.